The lowest BCUT2D eigenvalue weighted by Gasteiger charge is -1.94. The minimum absolute atomic E-state index is 0.0943. The number of benzene rings is 1. The summed E-state index contributed by atoms with van der Waals surface area (Å²) in [5.41, 5.74) is -0.00407. The van der Waals surface area contributed by atoms with Gasteiger partial charge in [0.2, 0.25) is 0 Å². The molecular weight excluding hydrogens is 157 g/mol. The maximum Gasteiger partial charge on any atom is 0.336 e. The van der Waals surface area contributed by atoms with Crippen molar-refractivity contribution in [1.29, 1.82) is 0 Å². The van der Waals surface area contributed by atoms with Gasteiger partial charge in [-0.3, -0.25) is 0 Å². The van der Waals surface area contributed by atoms with Crippen molar-refractivity contribution >= 4 is 11.0 Å². The Hall–Kier alpha value is -1.77. The van der Waals surface area contributed by atoms with E-state index in [-0.39, 0.29) is 5.75 Å². The van der Waals surface area contributed by atoms with Gasteiger partial charge >= 0.3 is 5.63 Å². The number of hydrogen-bond donors (Lipinski definition) is 1. The van der Waals surface area contributed by atoms with Crippen molar-refractivity contribution in [2.75, 3.05) is 0 Å². The Labute approximate surface area is 67.9 Å². The number of hydrogen-bond acceptors (Lipinski definition) is 3. The molecule has 0 spiro atoms. The summed E-state index contributed by atoms with van der Waals surface area (Å²) in [6.45, 7) is 0. The fourth-order valence-corrected chi connectivity index (χ4v) is 1.05. The van der Waals surface area contributed by atoms with Crippen LogP contribution in [0.1, 0.15) is 0 Å². The third-order valence-corrected chi connectivity index (χ3v) is 1.61. The van der Waals surface area contributed by atoms with E-state index in [0.717, 1.165) is 5.39 Å². The van der Waals surface area contributed by atoms with Gasteiger partial charge in [0.25, 0.3) is 0 Å². The second kappa shape index (κ2) is 2.37. The molecule has 0 saturated carbocycles. The molecule has 2 aromatic rings. The molecule has 1 aromatic carbocycles. The number of aromatic hydroxyl groups is 1. The van der Waals surface area contributed by atoms with Crippen molar-refractivity contribution < 1.29 is 9.52 Å². The molecule has 0 bridgehead atoms. The van der Waals surface area contributed by atoms with Crippen LogP contribution in [-0.2, 0) is 0 Å². The van der Waals surface area contributed by atoms with Crippen LogP contribution in [0.3, 0.4) is 0 Å². The van der Waals surface area contributed by atoms with E-state index in [0.29, 0.717) is 5.58 Å². The SMILES string of the molecule is O=[13c]1ccc2ccc(O)cc2o1. The first-order valence-corrected chi connectivity index (χ1v) is 3.48. The van der Waals surface area contributed by atoms with Crippen LogP contribution in [0.4, 0.5) is 0 Å². The quantitative estimate of drug-likeness (QED) is 0.598. The topological polar surface area (TPSA) is 50.4 Å². The van der Waals surface area contributed by atoms with Gasteiger partial charge in [0.1, 0.15) is 11.3 Å². The number of phenolic OH excluding ortho intramolecular Hbond substituents is 1. The zero-order valence-electron chi connectivity index (χ0n) is 6.15. The van der Waals surface area contributed by atoms with Crippen LogP contribution >= 0.6 is 0 Å². The molecule has 1 aromatic heterocycles. The van der Waals surface area contributed by atoms with Gasteiger partial charge in [-0.15, -0.1) is 0 Å². The van der Waals surface area contributed by atoms with Gasteiger partial charge in [0.05, 0.1) is 0 Å². The van der Waals surface area contributed by atoms with Gasteiger partial charge in [0, 0.05) is 17.5 Å². The van der Waals surface area contributed by atoms with Gasteiger partial charge in [0.15, 0.2) is 0 Å². The normalized spacial score (nSPS) is 10.3. The van der Waals surface area contributed by atoms with E-state index in [1.54, 1.807) is 18.2 Å². The minimum atomic E-state index is -0.409. The Kier molecular flexibility index (Phi) is 1.37. The van der Waals surface area contributed by atoms with Crippen molar-refractivity contribution in [3.05, 3.63) is 40.8 Å². The predicted octanol–water partition coefficient (Wildman–Crippen LogP) is 1.50. The second-order valence-corrected chi connectivity index (χ2v) is 2.48. The fraction of sp³-hybridized carbons (Fsp3) is 0. The van der Waals surface area contributed by atoms with Crippen LogP contribution in [0.2, 0.25) is 0 Å². The van der Waals surface area contributed by atoms with Crippen LogP contribution in [0.25, 0.3) is 11.0 Å². The summed E-state index contributed by atoms with van der Waals surface area (Å²) in [5.74, 6) is 0.0943. The van der Waals surface area contributed by atoms with Crippen LogP contribution < -0.4 is 5.63 Å². The highest BCUT2D eigenvalue weighted by atomic mass is 16.5. The molecule has 0 atom stereocenters. The molecule has 0 amide bonds. The molecular formula is C9H6O3. The van der Waals surface area contributed by atoms with Gasteiger partial charge in [-0.1, -0.05) is 0 Å². The molecule has 0 aliphatic carbocycles. The molecule has 0 aliphatic rings. The Morgan fingerprint density at radius 3 is 2.75 bits per heavy atom. The third kappa shape index (κ3) is 1.05. The number of fused-ring (bicyclic) bond motifs is 1. The first-order valence-electron chi connectivity index (χ1n) is 3.48. The lowest BCUT2D eigenvalue weighted by atomic mass is 10.2. The molecule has 0 fully saturated rings. The maximum atomic E-state index is 10.7. The summed E-state index contributed by atoms with van der Waals surface area (Å²) in [7, 11) is 0. The zero-order valence-corrected chi connectivity index (χ0v) is 6.15. The first kappa shape index (κ1) is 6.91. The minimum Gasteiger partial charge on any atom is -0.508 e. The largest absolute Gasteiger partial charge is 0.508 e. The standard InChI is InChI=1S/C9H6O3/c10-7-3-1-6-2-4-9(11)12-8(6)5-7/h1-5,10H/i9+1. The smallest absolute Gasteiger partial charge is 0.336 e. The van der Waals surface area contributed by atoms with Crippen molar-refractivity contribution in [3.8, 4) is 5.75 Å². The molecule has 1 N–H and O–H groups in total. The van der Waals surface area contributed by atoms with Gasteiger partial charge in [-0.2, -0.15) is 0 Å². The molecule has 60 valence electrons. The highest BCUT2D eigenvalue weighted by molar-refractivity contribution is 5.77. The maximum absolute atomic E-state index is 10.7. The van der Waals surface area contributed by atoms with Crippen LogP contribution in [-0.4, -0.2) is 5.11 Å². The average molecular weight is 163 g/mol. The van der Waals surface area contributed by atoms with Crippen LogP contribution in [0.5, 0.6) is 5.75 Å². The van der Waals surface area contributed by atoms with Crippen molar-refractivity contribution in [1.82, 2.24) is 0 Å². The summed E-state index contributed by atoms with van der Waals surface area (Å²) in [5, 5.41) is 9.86. The average Bonchev–Trinajstić information content (AvgIpc) is 2.03. The molecule has 12 heavy (non-hydrogen) atoms. The Morgan fingerprint density at radius 2 is 1.92 bits per heavy atom. The molecule has 3 nitrogen and oxygen atoms in total. The summed E-state index contributed by atoms with van der Waals surface area (Å²) in [4.78, 5) is 10.7. The lowest BCUT2D eigenvalue weighted by molar-refractivity contribution is 0.473. The van der Waals surface area contributed by atoms with E-state index in [4.69, 9.17) is 9.52 Å². The summed E-state index contributed by atoms with van der Waals surface area (Å²) in [6.07, 6.45) is 0. The second-order valence-electron chi connectivity index (χ2n) is 2.48. The molecule has 0 radical (unpaired) electrons. The van der Waals surface area contributed by atoms with Crippen molar-refractivity contribution in [2.24, 2.45) is 0 Å². The third-order valence-electron chi connectivity index (χ3n) is 1.61. The first-order chi connectivity index (χ1) is 5.75. The molecule has 1 heterocycles. The van der Waals surface area contributed by atoms with E-state index < -0.39 is 5.63 Å². The fourth-order valence-electron chi connectivity index (χ4n) is 1.05. The molecule has 0 unspecified atom stereocenters. The van der Waals surface area contributed by atoms with E-state index in [1.165, 1.54) is 12.1 Å². The molecule has 0 saturated heterocycles. The van der Waals surface area contributed by atoms with Gasteiger partial charge in [-0.25, -0.2) is 4.79 Å². The summed E-state index contributed by atoms with van der Waals surface area (Å²) in [6, 6.07) is 7.65. The van der Waals surface area contributed by atoms with E-state index >= 15 is 0 Å². The summed E-state index contributed by atoms with van der Waals surface area (Å²) >= 11 is 0. The van der Waals surface area contributed by atoms with Gasteiger partial charge in [-0.05, 0) is 18.2 Å². The van der Waals surface area contributed by atoms with Crippen LogP contribution in [0, 0.1) is 0 Å². The number of rotatable bonds is 0. The van der Waals surface area contributed by atoms with E-state index in [2.05, 4.69) is 0 Å². The van der Waals surface area contributed by atoms with E-state index in [1.807, 2.05) is 0 Å². The molecule has 2 rings (SSSR count). The number of phenols is 1. The van der Waals surface area contributed by atoms with Crippen molar-refractivity contribution in [2.45, 2.75) is 0 Å². The zero-order chi connectivity index (χ0) is 8.55. The lowest BCUT2D eigenvalue weighted by Crippen LogP contribution is -1.93. The Bertz CT molecular complexity index is 470. The Balaban J connectivity index is 2.89. The van der Waals surface area contributed by atoms with Gasteiger partial charge < -0.3 is 9.52 Å². The molecule has 0 aliphatic heterocycles. The van der Waals surface area contributed by atoms with Crippen molar-refractivity contribution in [3.63, 3.8) is 0 Å². The van der Waals surface area contributed by atoms with Crippen LogP contribution in [0.15, 0.2) is 39.5 Å². The highest BCUT2D eigenvalue weighted by Crippen LogP contribution is 2.17. The predicted molar refractivity (Wildman–Crippen MR) is 44.1 cm³/mol. The summed E-state index contributed by atoms with van der Waals surface area (Å²) < 4.78 is 4.83. The Morgan fingerprint density at radius 1 is 1.17 bits per heavy atom. The highest BCUT2D eigenvalue weighted by Gasteiger charge is 1.96. The molecule has 3 heteroatoms. The van der Waals surface area contributed by atoms with E-state index in [9.17, 15) is 4.79 Å². The monoisotopic (exact) mass is 163 g/mol.